The van der Waals surface area contributed by atoms with Crippen molar-refractivity contribution in [3.8, 4) is 11.5 Å². The van der Waals surface area contributed by atoms with Gasteiger partial charge in [0.1, 0.15) is 13.7 Å². The van der Waals surface area contributed by atoms with Gasteiger partial charge in [-0.15, -0.1) is 5.54 Å². The lowest BCUT2D eigenvalue weighted by Gasteiger charge is -2.40. The van der Waals surface area contributed by atoms with Crippen molar-refractivity contribution in [1.82, 2.24) is 4.90 Å². The number of ether oxygens (including phenoxy) is 1. The molecule has 2 fully saturated rings. The molecule has 19 heavy (non-hydrogen) atoms. The van der Waals surface area contributed by atoms with Gasteiger partial charge in [-0.2, -0.15) is 0 Å². The Balaban J connectivity index is 2.15. The highest BCUT2D eigenvalue weighted by Gasteiger charge is 2.49. The highest BCUT2D eigenvalue weighted by atomic mass is 28.3. The minimum atomic E-state index is -1.48. The second kappa shape index (κ2) is 4.84. The van der Waals surface area contributed by atoms with Gasteiger partial charge in [0, 0.05) is 24.9 Å². The fourth-order valence-corrected chi connectivity index (χ4v) is 3.64. The van der Waals surface area contributed by atoms with Crippen LogP contribution in [0.25, 0.3) is 0 Å². The van der Waals surface area contributed by atoms with Crippen LogP contribution in [0, 0.1) is 11.5 Å². The Labute approximate surface area is 116 Å². The minimum Gasteiger partial charge on any atom is -0.453 e. The maximum atomic E-state index is 11.7. The number of aliphatic hydroxyl groups is 1. The van der Waals surface area contributed by atoms with E-state index < -0.39 is 13.7 Å². The number of hydrogen-bond acceptors (Lipinski definition) is 3. The molecule has 0 aromatic rings. The molecule has 2 rings (SSSR count). The lowest BCUT2D eigenvalue weighted by atomic mass is 9.87. The molecule has 0 spiro atoms. The quantitative estimate of drug-likeness (QED) is 0.546. The number of carbonyl (C=O) groups excluding carboxylic acids is 1. The average molecular weight is 281 g/mol. The van der Waals surface area contributed by atoms with E-state index in [-0.39, 0.29) is 18.2 Å². The monoisotopic (exact) mass is 281 g/mol. The Morgan fingerprint density at radius 1 is 1.32 bits per heavy atom. The molecule has 106 valence electrons. The molecular formula is C14H23NO3Si. The summed E-state index contributed by atoms with van der Waals surface area (Å²) in [5.74, 6) is 3.10. The van der Waals surface area contributed by atoms with Crippen LogP contribution < -0.4 is 0 Å². The SMILES string of the molecule is COC(=O)N1C2CCC1CC(O)(C#C[Si](C)(C)C)C2. The topological polar surface area (TPSA) is 49.8 Å². The van der Waals surface area contributed by atoms with E-state index in [0.717, 1.165) is 12.8 Å². The van der Waals surface area contributed by atoms with E-state index >= 15 is 0 Å². The Bertz CT molecular complexity index is 418. The minimum absolute atomic E-state index is 0.0761. The largest absolute Gasteiger partial charge is 0.453 e. The third kappa shape index (κ3) is 3.13. The summed E-state index contributed by atoms with van der Waals surface area (Å²) in [6, 6.07) is 0.152. The summed E-state index contributed by atoms with van der Waals surface area (Å²) >= 11 is 0. The Morgan fingerprint density at radius 2 is 1.84 bits per heavy atom. The first-order valence-corrected chi connectivity index (χ1v) is 10.4. The highest BCUT2D eigenvalue weighted by molar-refractivity contribution is 6.83. The van der Waals surface area contributed by atoms with E-state index in [1.807, 2.05) is 0 Å². The summed E-state index contributed by atoms with van der Waals surface area (Å²) in [7, 11) is -0.0736. The predicted octanol–water partition coefficient (Wildman–Crippen LogP) is 1.99. The normalized spacial score (nSPS) is 33.6. The smallest absolute Gasteiger partial charge is 0.409 e. The van der Waals surface area contributed by atoms with Crippen LogP contribution in [0.2, 0.25) is 19.6 Å². The van der Waals surface area contributed by atoms with Gasteiger partial charge in [0.2, 0.25) is 0 Å². The lowest BCUT2D eigenvalue weighted by Crippen LogP contribution is -2.52. The second-order valence-electron chi connectivity index (χ2n) is 6.70. The van der Waals surface area contributed by atoms with Gasteiger partial charge in [-0.3, -0.25) is 0 Å². The van der Waals surface area contributed by atoms with Gasteiger partial charge < -0.3 is 14.7 Å². The summed E-state index contributed by atoms with van der Waals surface area (Å²) in [4.78, 5) is 13.5. The molecule has 2 bridgehead atoms. The van der Waals surface area contributed by atoms with E-state index in [2.05, 4.69) is 31.1 Å². The number of fused-ring (bicyclic) bond motifs is 2. The molecule has 0 radical (unpaired) electrons. The molecule has 1 N–H and O–H groups in total. The second-order valence-corrected chi connectivity index (χ2v) is 11.5. The molecule has 0 aliphatic carbocycles. The number of methoxy groups -OCH3 is 1. The zero-order valence-corrected chi connectivity index (χ0v) is 13.2. The number of hydrogen-bond donors (Lipinski definition) is 1. The molecule has 2 saturated heterocycles. The van der Waals surface area contributed by atoms with Crippen LogP contribution in [0.15, 0.2) is 0 Å². The number of nitrogens with zero attached hydrogens (tertiary/aromatic N) is 1. The van der Waals surface area contributed by atoms with E-state index in [0.29, 0.717) is 12.8 Å². The van der Waals surface area contributed by atoms with Crippen molar-refractivity contribution in [3.63, 3.8) is 0 Å². The maximum absolute atomic E-state index is 11.7. The lowest BCUT2D eigenvalue weighted by molar-refractivity contribution is -0.00727. The van der Waals surface area contributed by atoms with Crippen molar-refractivity contribution in [2.24, 2.45) is 0 Å². The van der Waals surface area contributed by atoms with Crippen LogP contribution in [0.4, 0.5) is 4.79 Å². The van der Waals surface area contributed by atoms with Gasteiger partial charge in [-0.1, -0.05) is 25.6 Å². The molecule has 2 aliphatic rings. The molecule has 0 aromatic heterocycles. The summed E-state index contributed by atoms with van der Waals surface area (Å²) in [5, 5.41) is 10.7. The average Bonchev–Trinajstić information content (AvgIpc) is 2.59. The van der Waals surface area contributed by atoms with Crippen molar-refractivity contribution >= 4 is 14.2 Å². The first kappa shape index (κ1) is 14.4. The van der Waals surface area contributed by atoms with Gasteiger partial charge in [0.05, 0.1) is 7.11 Å². The Morgan fingerprint density at radius 3 is 2.26 bits per heavy atom. The van der Waals surface area contributed by atoms with Crippen molar-refractivity contribution in [1.29, 1.82) is 0 Å². The first-order valence-electron chi connectivity index (χ1n) is 6.87. The summed E-state index contributed by atoms with van der Waals surface area (Å²) in [5.41, 5.74) is 2.34. The van der Waals surface area contributed by atoms with Gasteiger partial charge in [-0.05, 0) is 12.8 Å². The van der Waals surface area contributed by atoms with Crippen LogP contribution in [0.1, 0.15) is 25.7 Å². The van der Waals surface area contributed by atoms with Crippen LogP contribution in [-0.4, -0.2) is 49.0 Å². The van der Waals surface area contributed by atoms with E-state index in [4.69, 9.17) is 4.74 Å². The molecular weight excluding hydrogens is 258 g/mol. The fraction of sp³-hybridized carbons (Fsp3) is 0.786. The van der Waals surface area contributed by atoms with Gasteiger partial charge >= 0.3 is 6.09 Å². The molecule has 4 nitrogen and oxygen atoms in total. The summed E-state index contributed by atoms with van der Waals surface area (Å²) < 4.78 is 4.83. The van der Waals surface area contributed by atoms with Crippen molar-refractivity contribution in [2.75, 3.05) is 7.11 Å². The van der Waals surface area contributed by atoms with Crippen molar-refractivity contribution < 1.29 is 14.6 Å². The number of carbonyl (C=O) groups is 1. The number of amides is 1. The van der Waals surface area contributed by atoms with Crippen LogP contribution in [0.3, 0.4) is 0 Å². The molecule has 2 atom stereocenters. The summed E-state index contributed by atoms with van der Waals surface area (Å²) in [6.07, 6.45) is 2.72. The maximum Gasteiger partial charge on any atom is 0.409 e. The molecule has 2 heterocycles. The third-order valence-electron chi connectivity index (χ3n) is 3.82. The molecule has 1 amide bonds. The van der Waals surface area contributed by atoms with Crippen LogP contribution in [0.5, 0.6) is 0 Å². The van der Waals surface area contributed by atoms with Crippen LogP contribution in [-0.2, 0) is 4.74 Å². The van der Waals surface area contributed by atoms with E-state index in [1.54, 1.807) is 4.90 Å². The van der Waals surface area contributed by atoms with Crippen LogP contribution >= 0.6 is 0 Å². The number of piperidine rings is 1. The molecule has 2 aliphatic heterocycles. The zero-order chi connectivity index (χ0) is 14.3. The van der Waals surface area contributed by atoms with Crippen molar-refractivity contribution in [2.45, 2.75) is 63.0 Å². The number of rotatable bonds is 0. The fourth-order valence-electron chi connectivity index (χ4n) is 3.03. The zero-order valence-electron chi connectivity index (χ0n) is 12.2. The van der Waals surface area contributed by atoms with E-state index in [9.17, 15) is 9.90 Å². The Hall–Kier alpha value is -0.993. The predicted molar refractivity (Wildman–Crippen MR) is 76.4 cm³/mol. The molecule has 5 heteroatoms. The highest BCUT2D eigenvalue weighted by Crippen LogP contribution is 2.40. The van der Waals surface area contributed by atoms with Gasteiger partial charge in [0.25, 0.3) is 0 Å². The summed E-state index contributed by atoms with van der Waals surface area (Å²) in [6.45, 7) is 6.50. The van der Waals surface area contributed by atoms with Gasteiger partial charge in [0.15, 0.2) is 0 Å². The van der Waals surface area contributed by atoms with Crippen molar-refractivity contribution in [3.05, 3.63) is 0 Å². The molecule has 0 saturated carbocycles. The Kier molecular flexibility index (Phi) is 3.67. The van der Waals surface area contributed by atoms with Gasteiger partial charge in [-0.25, -0.2) is 4.79 Å². The molecule has 0 aromatic carbocycles. The standard InChI is InChI=1S/C14H23NO3Si/c1-18-13(16)15-11-5-6-12(15)10-14(17,9-11)7-8-19(2,3)4/h11-12,17H,5-6,9-10H2,1-4H3. The first-order chi connectivity index (χ1) is 8.74. The van der Waals surface area contributed by atoms with E-state index in [1.165, 1.54) is 7.11 Å². The molecule has 2 unspecified atom stereocenters. The third-order valence-corrected chi connectivity index (χ3v) is 4.70.